The van der Waals surface area contributed by atoms with Crippen LogP contribution in [-0.2, 0) is 20.9 Å². The van der Waals surface area contributed by atoms with Crippen molar-refractivity contribution in [1.82, 2.24) is 4.90 Å². The van der Waals surface area contributed by atoms with Gasteiger partial charge in [0.05, 0.1) is 19.6 Å². The van der Waals surface area contributed by atoms with Crippen LogP contribution in [0.15, 0.2) is 24.3 Å². The largest absolute Gasteiger partial charge is 0.497 e. The number of fused-ring (bicyclic) bond motifs is 1. The molecule has 1 aromatic rings. The van der Waals surface area contributed by atoms with Crippen LogP contribution in [0.25, 0.3) is 0 Å². The number of carbonyl (C=O) groups excluding carboxylic acids is 2. The summed E-state index contributed by atoms with van der Waals surface area (Å²) in [6, 6.07) is 7.23. The van der Waals surface area contributed by atoms with Crippen LogP contribution in [0.3, 0.4) is 0 Å². The Kier molecular flexibility index (Phi) is 4.21. The summed E-state index contributed by atoms with van der Waals surface area (Å²) in [7, 11) is 1.58. The summed E-state index contributed by atoms with van der Waals surface area (Å²) < 4.78 is 10.5. The van der Waals surface area contributed by atoms with Crippen LogP contribution in [0, 0.1) is 5.92 Å². The number of methoxy groups -OCH3 is 1. The molecule has 2 fully saturated rings. The van der Waals surface area contributed by atoms with Gasteiger partial charge in [0.15, 0.2) is 5.60 Å². The molecule has 1 N–H and O–H groups in total. The summed E-state index contributed by atoms with van der Waals surface area (Å²) in [5, 5.41) is 9.97. The Morgan fingerprint density at radius 2 is 2.00 bits per heavy atom. The Balaban J connectivity index is 1.95. The van der Waals surface area contributed by atoms with Gasteiger partial charge in [-0.1, -0.05) is 12.1 Å². The van der Waals surface area contributed by atoms with Crippen LogP contribution in [0.1, 0.15) is 18.9 Å². The predicted molar refractivity (Wildman–Crippen MR) is 86.7 cm³/mol. The van der Waals surface area contributed by atoms with Crippen molar-refractivity contribution in [3.8, 4) is 5.75 Å². The van der Waals surface area contributed by atoms with Crippen molar-refractivity contribution in [3.05, 3.63) is 29.8 Å². The Bertz CT molecular complexity index is 663. The normalized spacial score (nSPS) is 31.5. The molecule has 0 saturated carbocycles. The van der Waals surface area contributed by atoms with Crippen molar-refractivity contribution in [2.45, 2.75) is 31.0 Å². The molecule has 0 bridgehead atoms. The van der Waals surface area contributed by atoms with Gasteiger partial charge in [0.2, 0.25) is 11.4 Å². The lowest BCUT2D eigenvalue weighted by Gasteiger charge is -2.53. The number of hydrogen-bond acceptors (Lipinski definition) is 5. The van der Waals surface area contributed by atoms with Gasteiger partial charge in [0.1, 0.15) is 5.75 Å². The van der Waals surface area contributed by atoms with Crippen LogP contribution in [0.5, 0.6) is 5.75 Å². The molecule has 6 nitrogen and oxygen atoms in total. The SMILES string of the molecule is COc1ccc(CN2C(=O)[C@H](CCCl)[C@]3(C)OC(=O)C23CO)cc1. The highest BCUT2D eigenvalue weighted by molar-refractivity contribution is 6.18. The number of benzene rings is 1. The van der Waals surface area contributed by atoms with Crippen LogP contribution in [0.2, 0.25) is 0 Å². The minimum atomic E-state index is -1.33. The van der Waals surface area contributed by atoms with Crippen molar-refractivity contribution in [2.24, 2.45) is 5.92 Å². The smallest absolute Gasteiger partial charge is 0.339 e. The van der Waals surface area contributed by atoms with Crippen molar-refractivity contribution in [3.63, 3.8) is 0 Å². The van der Waals surface area contributed by atoms with Crippen molar-refractivity contribution < 1.29 is 24.2 Å². The quantitative estimate of drug-likeness (QED) is 0.616. The van der Waals surface area contributed by atoms with E-state index in [4.69, 9.17) is 21.1 Å². The molecule has 2 heterocycles. The van der Waals surface area contributed by atoms with E-state index < -0.39 is 29.6 Å². The predicted octanol–water partition coefficient (Wildman–Crippen LogP) is 1.33. The number of ether oxygens (including phenoxy) is 2. The number of halogens is 1. The number of nitrogens with zero attached hydrogens (tertiary/aromatic N) is 1. The molecule has 1 unspecified atom stereocenters. The number of alkyl halides is 1. The number of aliphatic hydroxyl groups excluding tert-OH is 1. The first kappa shape index (κ1) is 17.0. The lowest BCUT2D eigenvalue weighted by Crippen LogP contribution is -2.76. The zero-order chi connectivity index (χ0) is 17.5. The lowest BCUT2D eigenvalue weighted by molar-refractivity contribution is -0.239. The minimum Gasteiger partial charge on any atom is -0.497 e. The molecule has 0 radical (unpaired) electrons. The number of likely N-dealkylation sites (tertiary alicyclic amines) is 1. The fraction of sp³-hybridized carbons (Fsp3) is 0.529. The van der Waals surface area contributed by atoms with Gasteiger partial charge in [0.25, 0.3) is 0 Å². The average molecular weight is 354 g/mol. The van der Waals surface area contributed by atoms with Crippen LogP contribution in [0.4, 0.5) is 0 Å². The van der Waals surface area contributed by atoms with E-state index in [1.54, 1.807) is 26.2 Å². The number of aliphatic hydroxyl groups is 1. The monoisotopic (exact) mass is 353 g/mol. The van der Waals surface area contributed by atoms with Crippen LogP contribution < -0.4 is 4.74 Å². The Morgan fingerprint density at radius 3 is 2.50 bits per heavy atom. The third-order valence-electron chi connectivity index (χ3n) is 5.28. The second-order valence-corrected chi connectivity index (χ2v) is 6.70. The van der Waals surface area contributed by atoms with Crippen LogP contribution >= 0.6 is 11.6 Å². The van der Waals surface area contributed by atoms with Gasteiger partial charge in [0, 0.05) is 12.4 Å². The molecule has 3 rings (SSSR count). The lowest BCUT2D eigenvalue weighted by atomic mass is 9.71. The van der Waals surface area contributed by atoms with Gasteiger partial charge < -0.3 is 19.5 Å². The van der Waals surface area contributed by atoms with Gasteiger partial charge in [-0.2, -0.15) is 0 Å². The van der Waals surface area contributed by atoms with Gasteiger partial charge in [-0.25, -0.2) is 4.79 Å². The Hall–Kier alpha value is -1.79. The molecule has 2 aliphatic heterocycles. The summed E-state index contributed by atoms with van der Waals surface area (Å²) in [4.78, 5) is 26.6. The highest BCUT2D eigenvalue weighted by Gasteiger charge is 2.79. The number of hydrogen-bond donors (Lipinski definition) is 1. The zero-order valence-electron chi connectivity index (χ0n) is 13.6. The maximum Gasteiger partial charge on any atom is 0.339 e. The molecule has 130 valence electrons. The molecule has 2 saturated heterocycles. The maximum atomic E-state index is 12.9. The average Bonchev–Trinajstić information content (AvgIpc) is 2.71. The number of rotatable bonds is 6. The second-order valence-electron chi connectivity index (χ2n) is 6.32. The standard InChI is InChI=1S/C17H20ClNO5/c1-16-13(7-8-18)14(21)19(17(16,10-20)15(22)24-16)9-11-3-5-12(23-2)6-4-11/h3-6,13,20H,7-10H2,1-2H3/t13-,16-,17?/m0/s1. The Morgan fingerprint density at radius 1 is 1.33 bits per heavy atom. The van der Waals surface area contributed by atoms with E-state index in [-0.39, 0.29) is 18.3 Å². The van der Waals surface area contributed by atoms with E-state index in [9.17, 15) is 14.7 Å². The topological polar surface area (TPSA) is 76.1 Å². The van der Waals surface area contributed by atoms with Gasteiger partial charge in [-0.3, -0.25) is 4.79 Å². The summed E-state index contributed by atoms with van der Waals surface area (Å²) in [6.45, 7) is 1.45. The zero-order valence-corrected chi connectivity index (χ0v) is 14.4. The third-order valence-corrected chi connectivity index (χ3v) is 5.50. The van der Waals surface area contributed by atoms with Gasteiger partial charge >= 0.3 is 5.97 Å². The molecular formula is C17H20ClNO5. The van der Waals surface area contributed by atoms with Crippen molar-refractivity contribution in [1.29, 1.82) is 0 Å². The molecule has 1 amide bonds. The van der Waals surface area contributed by atoms with E-state index in [2.05, 4.69) is 0 Å². The first-order valence-corrected chi connectivity index (χ1v) is 8.32. The fourth-order valence-corrected chi connectivity index (χ4v) is 4.03. The van der Waals surface area contributed by atoms with E-state index in [0.29, 0.717) is 12.2 Å². The van der Waals surface area contributed by atoms with Crippen LogP contribution in [-0.4, -0.2) is 52.6 Å². The summed E-state index contributed by atoms with van der Waals surface area (Å²) in [5.74, 6) is -0.337. The first-order valence-electron chi connectivity index (χ1n) is 7.79. The molecule has 1 aromatic carbocycles. The molecular weight excluding hydrogens is 334 g/mol. The van der Waals surface area contributed by atoms with Gasteiger partial charge in [-0.15, -0.1) is 11.6 Å². The number of amides is 1. The molecule has 0 spiro atoms. The third kappa shape index (κ3) is 2.06. The molecule has 0 aliphatic carbocycles. The summed E-state index contributed by atoms with van der Waals surface area (Å²) >= 11 is 5.82. The molecule has 2 aliphatic rings. The highest BCUT2D eigenvalue weighted by Crippen LogP contribution is 2.55. The first-order chi connectivity index (χ1) is 11.4. The van der Waals surface area contributed by atoms with E-state index >= 15 is 0 Å². The van der Waals surface area contributed by atoms with Crippen molar-refractivity contribution in [2.75, 3.05) is 19.6 Å². The van der Waals surface area contributed by atoms with E-state index in [0.717, 1.165) is 5.56 Å². The fourth-order valence-electron chi connectivity index (χ4n) is 3.81. The Labute approximate surface area is 145 Å². The minimum absolute atomic E-state index is 0.214. The van der Waals surface area contributed by atoms with Crippen molar-refractivity contribution >= 4 is 23.5 Å². The number of esters is 1. The van der Waals surface area contributed by atoms with E-state index in [1.165, 1.54) is 4.90 Å². The highest BCUT2D eigenvalue weighted by atomic mass is 35.5. The van der Waals surface area contributed by atoms with Gasteiger partial charge in [-0.05, 0) is 31.0 Å². The summed E-state index contributed by atoms with van der Waals surface area (Å²) in [5.41, 5.74) is -1.54. The maximum absolute atomic E-state index is 12.9. The molecule has 24 heavy (non-hydrogen) atoms. The van der Waals surface area contributed by atoms with E-state index in [1.807, 2.05) is 12.1 Å². The second kappa shape index (κ2) is 5.93. The molecule has 0 aromatic heterocycles. The number of carbonyl (C=O) groups is 2. The molecule has 7 heteroatoms. The summed E-state index contributed by atoms with van der Waals surface area (Å²) in [6.07, 6.45) is 0.394. The molecule has 3 atom stereocenters.